The highest BCUT2D eigenvalue weighted by Gasteiger charge is 1.97. The van der Waals surface area contributed by atoms with Crippen molar-refractivity contribution in [2.45, 2.75) is 26.8 Å². The van der Waals surface area contributed by atoms with Crippen molar-refractivity contribution in [2.24, 2.45) is 0 Å². The van der Waals surface area contributed by atoms with Crippen molar-refractivity contribution in [3.05, 3.63) is 17.9 Å². The third-order valence-electron chi connectivity index (χ3n) is 1.17. The van der Waals surface area contributed by atoms with Gasteiger partial charge in [0.15, 0.2) is 5.88 Å². The summed E-state index contributed by atoms with van der Waals surface area (Å²) in [4.78, 5) is 0. The normalized spacial score (nSPS) is 10.4. The van der Waals surface area contributed by atoms with Crippen LogP contribution in [0.3, 0.4) is 0 Å². The molecule has 2 heteroatoms. The van der Waals surface area contributed by atoms with Gasteiger partial charge in [0.05, 0.1) is 0 Å². The maximum Gasteiger partial charge on any atom is 0.193 e. The number of aryl methyl sites for hydroxylation is 1. The lowest BCUT2D eigenvalue weighted by atomic mass is 10.4. The summed E-state index contributed by atoms with van der Waals surface area (Å²) in [5, 5.41) is 3.16. The van der Waals surface area contributed by atoms with Crippen molar-refractivity contribution in [2.75, 3.05) is 5.32 Å². The van der Waals surface area contributed by atoms with Crippen LogP contribution in [0.1, 0.15) is 19.6 Å². The van der Waals surface area contributed by atoms with Gasteiger partial charge in [0.1, 0.15) is 5.76 Å². The van der Waals surface area contributed by atoms with Crippen LogP contribution in [0, 0.1) is 6.92 Å². The summed E-state index contributed by atoms with van der Waals surface area (Å²) in [6, 6.07) is 4.32. The zero-order valence-corrected chi connectivity index (χ0v) is 6.64. The van der Waals surface area contributed by atoms with Gasteiger partial charge in [-0.05, 0) is 26.8 Å². The second-order valence-electron chi connectivity index (χ2n) is 2.71. The Balaban J connectivity index is 2.58. The topological polar surface area (TPSA) is 25.2 Å². The minimum Gasteiger partial charge on any atom is -0.446 e. The lowest BCUT2D eigenvalue weighted by molar-refractivity contribution is 0.541. The van der Waals surface area contributed by atoms with Crippen LogP contribution in [0.25, 0.3) is 0 Å². The fourth-order valence-electron chi connectivity index (χ4n) is 0.797. The molecule has 0 radical (unpaired) electrons. The maximum absolute atomic E-state index is 5.28. The predicted molar refractivity (Wildman–Crippen MR) is 42.2 cm³/mol. The molecule has 0 atom stereocenters. The molecule has 0 saturated heterocycles. The van der Waals surface area contributed by atoms with Crippen molar-refractivity contribution in [1.29, 1.82) is 0 Å². The van der Waals surface area contributed by atoms with Crippen molar-refractivity contribution in [1.82, 2.24) is 0 Å². The van der Waals surface area contributed by atoms with Crippen molar-refractivity contribution in [3.63, 3.8) is 0 Å². The summed E-state index contributed by atoms with van der Waals surface area (Å²) in [7, 11) is 0. The molecular weight excluding hydrogens is 126 g/mol. The summed E-state index contributed by atoms with van der Waals surface area (Å²) < 4.78 is 5.28. The molecular formula is C8H13NO. The minimum atomic E-state index is 0.436. The molecule has 1 rings (SSSR count). The summed E-state index contributed by atoms with van der Waals surface area (Å²) in [5.41, 5.74) is 0. The molecule has 1 aromatic rings. The van der Waals surface area contributed by atoms with E-state index in [0.717, 1.165) is 11.6 Å². The SMILES string of the molecule is Cc1ccc(NC(C)C)o1. The van der Waals surface area contributed by atoms with Gasteiger partial charge in [0.2, 0.25) is 0 Å². The summed E-state index contributed by atoms with van der Waals surface area (Å²) in [6.45, 7) is 6.10. The highest BCUT2D eigenvalue weighted by atomic mass is 16.4. The molecule has 0 aliphatic heterocycles. The fraction of sp³-hybridized carbons (Fsp3) is 0.500. The molecule has 0 aliphatic rings. The highest BCUT2D eigenvalue weighted by molar-refractivity contribution is 5.32. The van der Waals surface area contributed by atoms with E-state index in [1.165, 1.54) is 0 Å². The van der Waals surface area contributed by atoms with E-state index < -0.39 is 0 Å². The van der Waals surface area contributed by atoms with Gasteiger partial charge in [-0.3, -0.25) is 0 Å². The molecule has 10 heavy (non-hydrogen) atoms. The lowest BCUT2D eigenvalue weighted by Gasteiger charge is -2.04. The van der Waals surface area contributed by atoms with E-state index in [0.29, 0.717) is 6.04 Å². The molecule has 0 aliphatic carbocycles. The number of nitrogens with one attached hydrogen (secondary N) is 1. The molecule has 0 unspecified atom stereocenters. The number of furan rings is 1. The molecule has 0 amide bonds. The molecule has 1 aromatic heterocycles. The van der Waals surface area contributed by atoms with E-state index in [1.807, 2.05) is 19.1 Å². The van der Waals surface area contributed by atoms with Gasteiger partial charge in [-0.1, -0.05) is 0 Å². The van der Waals surface area contributed by atoms with Gasteiger partial charge in [0.25, 0.3) is 0 Å². The highest BCUT2D eigenvalue weighted by Crippen LogP contribution is 2.12. The molecule has 0 spiro atoms. The summed E-state index contributed by atoms with van der Waals surface area (Å²) in [6.07, 6.45) is 0. The van der Waals surface area contributed by atoms with Crippen LogP contribution in [0.5, 0.6) is 0 Å². The minimum absolute atomic E-state index is 0.436. The lowest BCUT2D eigenvalue weighted by Crippen LogP contribution is -2.08. The van der Waals surface area contributed by atoms with E-state index in [-0.39, 0.29) is 0 Å². The van der Waals surface area contributed by atoms with Gasteiger partial charge in [-0.15, -0.1) is 0 Å². The van der Waals surface area contributed by atoms with Crippen LogP contribution in [-0.2, 0) is 0 Å². The second-order valence-corrected chi connectivity index (χ2v) is 2.71. The van der Waals surface area contributed by atoms with Crippen molar-refractivity contribution >= 4 is 5.88 Å². The Morgan fingerprint density at radius 1 is 1.40 bits per heavy atom. The molecule has 0 bridgehead atoms. The Kier molecular flexibility index (Phi) is 2.00. The quantitative estimate of drug-likeness (QED) is 0.680. The average Bonchev–Trinajstić information content (AvgIpc) is 2.13. The first kappa shape index (κ1) is 7.19. The first-order chi connectivity index (χ1) is 4.68. The zero-order valence-electron chi connectivity index (χ0n) is 6.64. The standard InChI is InChI=1S/C8H13NO/c1-6(2)9-8-5-4-7(3)10-8/h4-6,9H,1-3H3. The first-order valence-electron chi connectivity index (χ1n) is 3.51. The Hall–Kier alpha value is -0.920. The third kappa shape index (κ3) is 1.79. The first-order valence-corrected chi connectivity index (χ1v) is 3.51. The molecule has 1 heterocycles. The van der Waals surface area contributed by atoms with Crippen LogP contribution < -0.4 is 5.32 Å². The maximum atomic E-state index is 5.28. The van der Waals surface area contributed by atoms with Crippen LogP contribution in [0.15, 0.2) is 16.5 Å². The average molecular weight is 139 g/mol. The van der Waals surface area contributed by atoms with Gasteiger partial charge < -0.3 is 9.73 Å². The number of rotatable bonds is 2. The van der Waals surface area contributed by atoms with Crippen LogP contribution in [-0.4, -0.2) is 6.04 Å². The van der Waals surface area contributed by atoms with Crippen LogP contribution >= 0.6 is 0 Å². The fourth-order valence-corrected chi connectivity index (χ4v) is 0.797. The molecule has 56 valence electrons. The number of anilines is 1. The van der Waals surface area contributed by atoms with Crippen LogP contribution in [0.4, 0.5) is 5.88 Å². The Labute approximate surface area is 61.2 Å². The van der Waals surface area contributed by atoms with E-state index in [2.05, 4.69) is 19.2 Å². The monoisotopic (exact) mass is 139 g/mol. The Morgan fingerprint density at radius 2 is 2.10 bits per heavy atom. The zero-order chi connectivity index (χ0) is 7.56. The van der Waals surface area contributed by atoms with Crippen molar-refractivity contribution in [3.8, 4) is 0 Å². The van der Waals surface area contributed by atoms with Gasteiger partial charge >= 0.3 is 0 Å². The Bertz CT molecular complexity index is 203. The predicted octanol–water partition coefficient (Wildman–Crippen LogP) is 2.41. The van der Waals surface area contributed by atoms with Gasteiger partial charge in [-0.2, -0.15) is 0 Å². The van der Waals surface area contributed by atoms with Crippen molar-refractivity contribution < 1.29 is 4.42 Å². The number of hydrogen-bond acceptors (Lipinski definition) is 2. The largest absolute Gasteiger partial charge is 0.446 e. The molecule has 0 saturated carbocycles. The molecule has 0 aromatic carbocycles. The molecule has 1 N–H and O–H groups in total. The van der Waals surface area contributed by atoms with E-state index in [4.69, 9.17) is 4.42 Å². The smallest absolute Gasteiger partial charge is 0.193 e. The Morgan fingerprint density at radius 3 is 2.50 bits per heavy atom. The van der Waals surface area contributed by atoms with E-state index in [9.17, 15) is 0 Å². The number of hydrogen-bond donors (Lipinski definition) is 1. The molecule has 2 nitrogen and oxygen atoms in total. The molecule has 0 fully saturated rings. The van der Waals surface area contributed by atoms with Crippen LogP contribution in [0.2, 0.25) is 0 Å². The van der Waals surface area contributed by atoms with Gasteiger partial charge in [-0.25, -0.2) is 0 Å². The third-order valence-corrected chi connectivity index (χ3v) is 1.17. The second kappa shape index (κ2) is 2.78. The summed E-state index contributed by atoms with van der Waals surface area (Å²) in [5.74, 6) is 1.80. The van der Waals surface area contributed by atoms with E-state index in [1.54, 1.807) is 0 Å². The summed E-state index contributed by atoms with van der Waals surface area (Å²) >= 11 is 0. The van der Waals surface area contributed by atoms with Gasteiger partial charge in [0, 0.05) is 12.1 Å². The van der Waals surface area contributed by atoms with E-state index >= 15 is 0 Å².